The first kappa shape index (κ1) is 13.6. The van der Waals surface area contributed by atoms with Crippen LogP contribution in [0.1, 0.15) is 21.5 Å². The maximum Gasteiger partial charge on any atom is 0.262 e. The lowest BCUT2D eigenvalue weighted by Crippen LogP contribution is -2.24. The van der Waals surface area contributed by atoms with Crippen LogP contribution in [0.4, 0.5) is 11.4 Å². The zero-order chi connectivity index (χ0) is 15.2. The van der Waals surface area contributed by atoms with Crippen molar-refractivity contribution in [1.82, 2.24) is 0 Å². The summed E-state index contributed by atoms with van der Waals surface area (Å²) in [5, 5.41) is 2.76. The highest BCUT2D eigenvalue weighted by atomic mass is 32.2. The van der Waals surface area contributed by atoms with E-state index in [1.54, 1.807) is 24.3 Å². The summed E-state index contributed by atoms with van der Waals surface area (Å²) in [4.78, 5) is 12.3. The summed E-state index contributed by atoms with van der Waals surface area (Å²) in [5.74, 6) is -0.430. The minimum absolute atomic E-state index is 0.0219. The number of hydrogen-bond donors (Lipinski definition) is 2. The van der Waals surface area contributed by atoms with E-state index in [1.807, 2.05) is 13.8 Å². The van der Waals surface area contributed by atoms with Gasteiger partial charge in [-0.05, 0) is 49.2 Å². The second-order valence-corrected chi connectivity index (χ2v) is 6.69. The van der Waals surface area contributed by atoms with Crippen LogP contribution in [-0.2, 0) is 10.0 Å². The molecule has 1 amide bonds. The summed E-state index contributed by atoms with van der Waals surface area (Å²) in [6, 6.07) is 9.62. The van der Waals surface area contributed by atoms with Crippen LogP contribution in [0.3, 0.4) is 0 Å². The minimum atomic E-state index is -3.79. The smallest absolute Gasteiger partial charge is 0.262 e. The fourth-order valence-corrected chi connectivity index (χ4v) is 3.56. The van der Waals surface area contributed by atoms with Crippen LogP contribution in [0, 0.1) is 13.8 Å². The lowest BCUT2D eigenvalue weighted by molar-refractivity contribution is 0.102. The summed E-state index contributed by atoms with van der Waals surface area (Å²) < 4.78 is 27.5. The number of rotatable bonds is 0. The molecule has 2 aromatic carbocycles. The zero-order valence-corrected chi connectivity index (χ0v) is 12.4. The molecule has 1 aliphatic heterocycles. The maximum atomic E-state index is 12.5. The minimum Gasteiger partial charge on any atom is -0.320 e. The van der Waals surface area contributed by atoms with Crippen LogP contribution < -0.4 is 10.0 Å². The summed E-state index contributed by atoms with van der Waals surface area (Å²) in [6.45, 7) is 3.79. The number of fused-ring (bicyclic) bond motifs is 2. The monoisotopic (exact) mass is 302 g/mol. The van der Waals surface area contributed by atoms with Gasteiger partial charge in [-0.3, -0.25) is 9.52 Å². The van der Waals surface area contributed by atoms with Gasteiger partial charge in [0.05, 0.1) is 16.9 Å². The van der Waals surface area contributed by atoms with Crippen LogP contribution in [-0.4, -0.2) is 14.3 Å². The first-order valence-electron chi connectivity index (χ1n) is 6.43. The first-order chi connectivity index (χ1) is 9.88. The van der Waals surface area contributed by atoms with E-state index >= 15 is 0 Å². The molecule has 3 rings (SSSR count). The van der Waals surface area contributed by atoms with E-state index in [4.69, 9.17) is 0 Å². The average Bonchev–Trinajstić information content (AvgIpc) is 2.43. The lowest BCUT2D eigenvalue weighted by Gasteiger charge is -2.20. The fourth-order valence-electron chi connectivity index (χ4n) is 2.28. The van der Waals surface area contributed by atoms with Gasteiger partial charge >= 0.3 is 0 Å². The molecule has 2 aromatic rings. The number of carbonyl (C=O) groups excluding carboxylic acids is 1. The van der Waals surface area contributed by atoms with Gasteiger partial charge in [0.15, 0.2) is 0 Å². The van der Waals surface area contributed by atoms with E-state index in [2.05, 4.69) is 10.0 Å². The normalized spacial score (nSPS) is 15.8. The standard InChI is InChI=1S/C15H14N2O3S/c1-9-7-12-13(8-10(9)2)17-21(19,20)14-6-4-3-5-11(14)15(18)16-12/h3-8,17H,1-2H3,(H,16,18). The van der Waals surface area contributed by atoms with Gasteiger partial charge in [-0.2, -0.15) is 0 Å². The SMILES string of the molecule is Cc1cc2c(cc1C)NS(=O)(=O)c1ccccc1C(=O)N2. The van der Waals surface area contributed by atoms with Crippen molar-refractivity contribution in [3.8, 4) is 0 Å². The van der Waals surface area contributed by atoms with Gasteiger partial charge in [0.1, 0.15) is 4.90 Å². The molecule has 0 aromatic heterocycles. The van der Waals surface area contributed by atoms with E-state index in [-0.39, 0.29) is 10.5 Å². The van der Waals surface area contributed by atoms with Gasteiger partial charge in [-0.1, -0.05) is 12.1 Å². The van der Waals surface area contributed by atoms with Crippen molar-refractivity contribution in [2.24, 2.45) is 0 Å². The number of carbonyl (C=O) groups is 1. The number of anilines is 2. The number of hydrogen-bond acceptors (Lipinski definition) is 3. The van der Waals surface area contributed by atoms with E-state index in [0.29, 0.717) is 11.4 Å². The summed E-state index contributed by atoms with van der Waals surface area (Å²) in [7, 11) is -3.79. The Labute approximate surface area is 123 Å². The molecule has 0 radical (unpaired) electrons. The summed E-state index contributed by atoms with van der Waals surface area (Å²) in [5.41, 5.74) is 2.89. The van der Waals surface area contributed by atoms with Crippen molar-refractivity contribution in [1.29, 1.82) is 0 Å². The molecule has 5 nitrogen and oxygen atoms in total. The molecule has 0 spiro atoms. The van der Waals surface area contributed by atoms with Crippen LogP contribution in [0.25, 0.3) is 0 Å². The highest BCUT2D eigenvalue weighted by molar-refractivity contribution is 7.92. The van der Waals surface area contributed by atoms with Gasteiger partial charge in [0.25, 0.3) is 15.9 Å². The lowest BCUT2D eigenvalue weighted by atomic mass is 10.1. The van der Waals surface area contributed by atoms with Gasteiger partial charge in [0.2, 0.25) is 0 Å². The quantitative estimate of drug-likeness (QED) is 0.785. The van der Waals surface area contributed by atoms with E-state index in [9.17, 15) is 13.2 Å². The highest BCUT2D eigenvalue weighted by Crippen LogP contribution is 2.31. The number of amides is 1. The first-order valence-corrected chi connectivity index (χ1v) is 7.91. The molecule has 0 fully saturated rings. The van der Waals surface area contributed by atoms with E-state index in [0.717, 1.165) is 11.1 Å². The molecule has 0 aliphatic carbocycles. The second-order valence-electron chi connectivity index (χ2n) is 5.04. The Morgan fingerprint density at radius 2 is 1.57 bits per heavy atom. The van der Waals surface area contributed by atoms with Crippen molar-refractivity contribution in [3.63, 3.8) is 0 Å². The molecule has 21 heavy (non-hydrogen) atoms. The molecule has 1 heterocycles. The van der Waals surface area contributed by atoms with Crippen molar-refractivity contribution in [3.05, 3.63) is 53.1 Å². The van der Waals surface area contributed by atoms with Gasteiger partial charge < -0.3 is 5.32 Å². The van der Waals surface area contributed by atoms with Crippen LogP contribution in [0.15, 0.2) is 41.3 Å². The number of aryl methyl sites for hydroxylation is 2. The Bertz CT molecular complexity index is 857. The molecule has 0 unspecified atom stereocenters. The van der Waals surface area contributed by atoms with Crippen molar-refractivity contribution >= 4 is 27.3 Å². The van der Waals surface area contributed by atoms with E-state index < -0.39 is 15.9 Å². The topological polar surface area (TPSA) is 75.3 Å². The van der Waals surface area contributed by atoms with Gasteiger partial charge in [-0.15, -0.1) is 0 Å². The molecule has 0 bridgehead atoms. The number of benzene rings is 2. The van der Waals surface area contributed by atoms with Crippen molar-refractivity contribution in [2.75, 3.05) is 10.0 Å². The molecular formula is C15H14N2O3S. The summed E-state index contributed by atoms with van der Waals surface area (Å²) >= 11 is 0. The third-order valence-corrected chi connectivity index (χ3v) is 4.97. The molecule has 0 saturated heterocycles. The third kappa shape index (κ3) is 2.27. The Morgan fingerprint density at radius 3 is 2.29 bits per heavy atom. The average molecular weight is 302 g/mol. The predicted molar refractivity (Wildman–Crippen MR) is 81.1 cm³/mol. The molecule has 2 N–H and O–H groups in total. The zero-order valence-electron chi connectivity index (χ0n) is 11.6. The molecule has 0 atom stereocenters. The number of sulfonamides is 1. The number of nitrogens with one attached hydrogen (secondary N) is 2. The maximum absolute atomic E-state index is 12.5. The highest BCUT2D eigenvalue weighted by Gasteiger charge is 2.26. The molecule has 0 saturated carbocycles. The predicted octanol–water partition coefficient (Wildman–Crippen LogP) is 2.67. The molecule has 6 heteroatoms. The second kappa shape index (κ2) is 4.60. The van der Waals surface area contributed by atoms with Crippen LogP contribution in [0.5, 0.6) is 0 Å². The van der Waals surface area contributed by atoms with Crippen LogP contribution >= 0.6 is 0 Å². The van der Waals surface area contributed by atoms with Gasteiger partial charge in [-0.25, -0.2) is 8.42 Å². The fraction of sp³-hybridized carbons (Fsp3) is 0.133. The Balaban J connectivity index is 2.26. The Hall–Kier alpha value is -2.34. The van der Waals surface area contributed by atoms with E-state index in [1.165, 1.54) is 12.1 Å². The Morgan fingerprint density at radius 1 is 0.952 bits per heavy atom. The van der Waals surface area contributed by atoms with Crippen molar-refractivity contribution in [2.45, 2.75) is 18.7 Å². The Kier molecular flexibility index (Phi) is 2.98. The van der Waals surface area contributed by atoms with Crippen molar-refractivity contribution < 1.29 is 13.2 Å². The molecule has 1 aliphatic rings. The van der Waals surface area contributed by atoms with Crippen LogP contribution in [0.2, 0.25) is 0 Å². The molecule has 108 valence electrons. The summed E-state index contributed by atoms with van der Waals surface area (Å²) in [6.07, 6.45) is 0. The molecular weight excluding hydrogens is 288 g/mol. The largest absolute Gasteiger partial charge is 0.320 e. The van der Waals surface area contributed by atoms with Gasteiger partial charge in [0, 0.05) is 0 Å². The third-order valence-electron chi connectivity index (χ3n) is 3.55.